The number of anilines is 1. The van der Waals surface area contributed by atoms with Gasteiger partial charge in [-0.25, -0.2) is 9.18 Å². The molecular weight excluding hydrogens is 433 g/mol. The third-order valence-corrected chi connectivity index (χ3v) is 7.29. The highest BCUT2D eigenvalue weighted by molar-refractivity contribution is 8.20. The summed E-state index contributed by atoms with van der Waals surface area (Å²) in [5, 5.41) is 12.9. The molecule has 0 saturated carbocycles. The van der Waals surface area contributed by atoms with Gasteiger partial charge in [-0.15, -0.1) is 11.3 Å². The molecule has 2 unspecified atom stereocenters. The lowest BCUT2D eigenvalue weighted by atomic mass is 10.0. The number of carboxylic acid groups (broad SMARTS) is 1. The molecule has 152 valence electrons. The largest absolute Gasteiger partial charge is 0.478 e. The molecule has 2 aromatic rings. The second kappa shape index (κ2) is 7.95. The highest BCUT2D eigenvalue weighted by Crippen LogP contribution is 2.48. The summed E-state index contributed by atoms with van der Waals surface area (Å²) in [7, 11) is -2.09. The van der Waals surface area contributed by atoms with E-state index in [4.69, 9.17) is 16.7 Å². The lowest BCUT2D eigenvalue weighted by molar-refractivity contribution is -0.120. The van der Waals surface area contributed by atoms with Crippen molar-refractivity contribution in [2.75, 3.05) is 12.4 Å². The molecule has 8 nitrogen and oxygen atoms in total. The average Bonchev–Trinajstić information content (AvgIpc) is 3.10. The van der Waals surface area contributed by atoms with E-state index in [9.17, 15) is 23.1 Å². The number of likely N-dealkylation sites (N-methyl/N-ethyl adjacent to an activating group) is 1. The molecule has 0 bridgehead atoms. The zero-order valence-electron chi connectivity index (χ0n) is 14.4. The van der Waals surface area contributed by atoms with Crippen LogP contribution in [0.25, 0.3) is 0 Å². The maximum absolute atomic E-state index is 13.3. The van der Waals surface area contributed by atoms with Gasteiger partial charge in [0.2, 0.25) is 5.91 Å². The molecule has 0 radical (unpaired) electrons. The Morgan fingerprint density at radius 2 is 2.11 bits per heavy atom. The molecule has 12 heteroatoms. The smallest absolute Gasteiger partial charge is 0.336 e. The number of nitrogens with one attached hydrogen (secondary N) is 2. The topological polar surface area (TPSA) is 122 Å². The zero-order valence-corrected chi connectivity index (χ0v) is 16.8. The van der Waals surface area contributed by atoms with E-state index in [1.807, 2.05) is 0 Å². The number of aromatic carboxylic acids is 1. The summed E-state index contributed by atoms with van der Waals surface area (Å²) in [6.45, 7) is 0. The molecule has 1 fully saturated rings. The normalized spacial score (nSPS) is 23.2. The molecule has 2 heterocycles. The van der Waals surface area contributed by atoms with Gasteiger partial charge < -0.3 is 10.4 Å². The number of hydrogen-bond donors (Lipinski definition) is 5. The summed E-state index contributed by atoms with van der Waals surface area (Å²) in [4.78, 5) is 24.4. The number of thiophene rings is 1. The molecule has 3 rings (SSSR count). The molecule has 0 spiro atoms. The molecule has 1 aromatic carbocycles. The Morgan fingerprint density at radius 3 is 2.71 bits per heavy atom. The number of halogens is 2. The van der Waals surface area contributed by atoms with E-state index in [0.29, 0.717) is 4.88 Å². The van der Waals surface area contributed by atoms with Gasteiger partial charge >= 0.3 is 5.97 Å². The van der Waals surface area contributed by atoms with E-state index in [0.717, 1.165) is 21.7 Å². The molecule has 1 aliphatic rings. The molecule has 0 aliphatic carbocycles. The van der Waals surface area contributed by atoms with Crippen LogP contribution in [0.2, 0.25) is 5.02 Å². The summed E-state index contributed by atoms with van der Waals surface area (Å²) < 4.78 is 37.8. The van der Waals surface area contributed by atoms with Gasteiger partial charge in [-0.2, -0.15) is 9.03 Å². The van der Waals surface area contributed by atoms with E-state index in [1.165, 1.54) is 30.6 Å². The van der Waals surface area contributed by atoms with Crippen LogP contribution in [-0.2, 0) is 4.79 Å². The van der Waals surface area contributed by atoms with Crippen molar-refractivity contribution in [3.63, 3.8) is 0 Å². The molecule has 1 aromatic heterocycles. The molecule has 28 heavy (non-hydrogen) atoms. The molecule has 1 saturated heterocycles. The van der Waals surface area contributed by atoms with Crippen molar-refractivity contribution >= 4 is 51.5 Å². The quantitative estimate of drug-likeness (QED) is 0.481. The summed E-state index contributed by atoms with van der Waals surface area (Å²) in [6.07, 6.45) is 0.159. The van der Waals surface area contributed by atoms with Gasteiger partial charge in [0.15, 0.2) is 0 Å². The Labute approximate surface area is 170 Å². The van der Waals surface area contributed by atoms with Crippen molar-refractivity contribution in [1.82, 2.24) is 9.03 Å². The number of nitrogens with zero attached hydrogens (tertiary/aromatic N) is 1. The number of amides is 1. The van der Waals surface area contributed by atoms with Crippen molar-refractivity contribution in [3.05, 3.63) is 50.9 Å². The van der Waals surface area contributed by atoms with Gasteiger partial charge in [-0.05, 0) is 30.7 Å². The number of carbonyl (C=O) groups is 2. The summed E-state index contributed by atoms with van der Waals surface area (Å²) >= 11 is 6.87. The number of hydrogen-bond acceptors (Lipinski definition) is 7. The van der Waals surface area contributed by atoms with Crippen molar-refractivity contribution in [3.8, 4) is 0 Å². The van der Waals surface area contributed by atoms with Crippen LogP contribution in [0.5, 0.6) is 0 Å². The molecular formula is C16H17ClFN3O5S2. The lowest BCUT2D eigenvalue weighted by Crippen LogP contribution is -2.53. The van der Waals surface area contributed by atoms with Crippen LogP contribution in [0.4, 0.5) is 10.1 Å². The number of rotatable bonds is 4. The van der Waals surface area contributed by atoms with Crippen LogP contribution in [0, 0.1) is 5.82 Å². The van der Waals surface area contributed by atoms with Crippen LogP contribution in [0.1, 0.15) is 27.7 Å². The number of carboxylic acids is 1. The van der Waals surface area contributed by atoms with Gasteiger partial charge in [-0.3, -0.25) is 13.9 Å². The minimum atomic E-state index is -3.48. The van der Waals surface area contributed by atoms with E-state index in [1.54, 1.807) is 0 Å². The first-order valence-corrected chi connectivity index (χ1v) is 10.7. The predicted octanol–water partition coefficient (Wildman–Crippen LogP) is 3.79. The Hall–Kier alpha value is -1.73. The first kappa shape index (κ1) is 21.0. The van der Waals surface area contributed by atoms with Gasteiger partial charge in [-0.1, -0.05) is 22.6 Å². The van der Waals surface area contributed by atoms with Crippen LogP contribution in [0.3, 0.4) is 0 Å². The molecule has 1 aliphatic heterocycles. The van der Waals surface area contributed by atoms with Gasteiger partial charge in [0.25, 0.3) is 0 Å². The predicted molar refractivity (Wildman–Crippen MR) is 106 cm³/mol. The molecule has 5 N–H and O–H groups in total. The molecule has 2 atom stereocenters. The van der Waals surface area contributed by atoms with Crippen LogP contribution < -0.4 is 10.0 Å². The van der Waals surface area contributed by atoms with Crippen molar-refractivity contribution in [1.29, 1.82) is 0 Å². The lowest BCUT2D eigenvalue weighted by Gasteiger charge is -2.50. The fraction of sp³-hybridized carbons (Fsp3) is 0.250. The third-order valence-electron chi connectivity index (χ3n) is 4.30. The van der Waals surface area contributed by atoms with Gasteiger partial charge in [0.1, 0.15) is 11.9 Å². The SMILES string of the molecule is CN1C(C(=O)Nc2ccc(F)c(Cl)c2)CC(c2cc(C(=O)O)cs2)NS1(O)O. The first-order valence-electron chi connectivity index (χ1n) is 7.94. The summed E-state index contributed by atoms with van der Waals surface area (Å²) in [5.41, 5.74) is 0.347. The maximum atomic E-state index is 13.3. The van der Waals surface area contributed by atoms with Crippen molar-refractivity contribution in [2.45, 2.75) is 18.5 Å². The number of benzene rings is 1. The fourth-order valence-corrected chi connectivity index (χ4v) is 5.27. The highest BCUT2D eigenvalue weighted by Gasteiger charge is 2.41. The van der Waals surface area contributed by atoms with Crippen molar-refractivity contribution < 1.29 is 28.2 Å². The Morgan fingerprint density at radius 1 is 1.39 bits per heavy atom. The Balaban J connectivity index is 1.82. The first-order chi connectivity index (χ1) is 13.1. The monoisotopic (exact) mass is 449 g/mol. The van der Waals surface area contributed by atoms with Crippen LogP contribution >= 0.6 is 33.9 Å². The van der Waals surface area contributed by atoms with E-state index in [2.05, 4.69) is 10.0 Å². The van der Waals surface area contributed by atoms with E-state index < -0.39 is 40.7 Å². The molecule has 1 amide bonds. The summed E-state index contributed by atoms with van der Waals surface area (Å²) in [5.74, 6) is -2.25. The van der Waals surface area contributed by atoms with Gasteiger partial charge in [0.05, 0.1) is 16.6 Å². The standard InChI is InChI=1S/C16H17ClFN3O5S2/c1-21-13(15(22)19-9-2-3-11(18)10(17)5-9)6-12(20-28(21,25)26)14-4-8(7-27-14)16(23)24/h2-5,7,12-13,20,25-26H,6H2,1H3,(H,19,22)(H,23,24). The Bertz CT molecular complexity index is 925. The number of carbonyl (C=O) groups excluding carboxylic acids is 1. The average molecular weight is 450 g/mol. The third kappa shape index (κ3) is 4.30. The minimum Gasteiger partial charge on any atom is -0.478 e. The second-order valence-corrected chi connectivity index (χ2v) is 9.35. The highest BCUT2D eigenvalue weighted by atomic mass is 35.5. The zero-order chi connectivity index (χ0) is 20.6. The fourth-order valence-electron chi connectivity index (χ4n) is 2.76. The van der Waals surface area contributed by atoms with E-state index in [-0.39, 0.29) is 22.7 Å². The van der Waals surface area contributed by atoms with Crippen molar-refractivity contribution in [2.24, 2.45) is 0 Å². The summed E-state index contributed by atoms with van der Waals surface area (Å²) in [6, 6.07) is 3.57. The minimum absolute atomic E-state index is 0.0826. The second-order valence-electron chi connectivity index (χ2n) is 6.15. The van der Waals surface area contributed by atoms with Crippen LogP contribution in [0.15, 0.2) is 29.6 Å². The maximum Gasteiger partial charge on any atom is 0.336 e. The van der Waals surface area contributed by atoms with Gasteiger partial charge in [0, 0.05) is 23.0 Å². The van der Waals surface area contributed by atoms with E-state index >= 15 is 0 Å². The Kier molecular flexibility index (Phi) is 5.96. The van der Waals surface area contributed by atoms with Crippen LogP contribution in [-0.4, -0.2) is 43.5 Å².